The highest BCUT2D eigenvalue weighted by atomic mass is 16.5. The molecular formula is C25H35NO2. The predicted molar refractivity (Wildman–Crippen MR) is 116 cm³/mol. The Balaban J connectivity index is 1.42. The first-order chi connectivity index (χ1) is 13.4. The largest absolute Gasteiger partial charge is 0.494 e. The molecule has 0 bridgehead atoms. The van der Waals surface area contributed by atoms with Crippen molar-refractivity contribution in [1.29, 1.82) is 0 Å². The Bertz CT molecular complexity index is 701. The fourth-order valence-corrected chi connectivity index (χ4v) is 4.08. The number of morpholine rings is 1. The molecule has 0 unspecified atom stereocenters. The summed E-state index contributed by atoms with van der Waals surface area (Å²) in [7, 11) is 0. The molecule has 1 aliphatic heterocycles. The Kier molecular flexibility index (Phi) is 7.14. The second-order valence-corrected chi connectivity index (χ2v) is 8.59. The van der Waals surface area contributed by atoms with Gasteiger partial charge in [-0.15, -0.1) is 0 Å². The van der Waals surface area contributed by atoms with Gasteiger partial charge in [0.05, 0.1) is 18.8 Å². The molecule has 0 N–H and O–H groups in total. The maximum atomic E-state index is 5.97. The van der Waals surface area contributed by atoms with Gasteiger partial charge in [-0.1, -0.05) is 56.3 Å². The van der Waals surface area contributed by atoms with E-state index in [-0.39, 0.29) is 5.41 Å². The minimum atomic E-state index is -0.00772. The maximum absolute atomic E-state index is 5.97. The van der Waals surface area contributed by atoms with Crippen LogP contribution in [0.2, 0.25) is 0 Å². The second-order valence-electron chi connectivity index (χ2n) is 8.59. The van der Waals surface area contributed by atoms with E-state index in [4.69, 9.17) is 9.47 Å². The van der Waals surface area contributed by atoms with E-state index >= 15 is 0 Å². The van der Waals surface area contributed by atoms with Crippen LogP contribution < -0.4 is 4.74 Å². The summed E-state index contributed by atoms with van der Waals surface area (Å²) < 4.78 is 11.8. The van der Waals surface area contributed by atoms with Gasteiger partial charge in [-0.3, -0.25) is 4.90 Å². The predicted octanol–water partition coefficient (Wildman–Crippen LogP) is 5.28. The van der Waals surface area contributed by atoms with Crippen molar-refractivity contribution in [2.75, 3.05) is 26.2 Å². The summed E-state index contributed by atoms with van der Waals surface area (Å²) in [6.45, 7) is 12.9. The van der Waals surface area contributed by atoms with E-state index in [1.54, 1.807) is 0 Å². The molecule has 152 valence electrons. The number of nitrogens with zero attached hydrogens (tertiary/aromatic N) is 1. The van der Waals surface area contributed by atoms with E-state index < -0.39 is 0 Å². The smallest absolute Gasteiger partial charge is 0.119 e. The summed E-state index contributed by atoms with van der Waals surface area (Å²) in [6.07, 6.45) is 2.94. The molecule has 0 aliphatic carbocycles. The summed E-state index contributed by atoms with van der Waals surface area (Å²) in [5.41, 5.74) is 2.63. The monoisotopic (exact) mass is 381 g/mol. The van der Waals surface area contributed by atoms with Gasteiger partial charge in [0.15, 0.2) is 0 Å². The number of hydrogen-bond acceptors (Lipinski definition) is 3. The Morgan fingerprint density at radius 1 is 0.893 bits per heavy atom. The molecule has 0 spiro atoms. The maximum Gasteiger partial charge on any atom is 0.119 e. The van der Waals surface area contributed by atoms with Crippen molar-refractivity contribution in [3.05, 3.63) is 65.7 Å². The molecule has 0 aromatic heterocycles. The Morgan fingerprint density at radius 2 is 1.50 bits per heavy atom. The molecule has 0 radical (unpaired) electrons. The average molecular weight is 382 g/mol. The zero-order valence-electron chi connectivity index (χ0n) is 17.9. The number of rotatable bonds is 8. The van der Waals surface area contributed by atoms with Crippen LogP contribution in [-0.2, 0) is 10.2 Å². The molecule has 3 nitrogen and oxygen atoms in total. The number of unbranched alkanes of at least 4 members (excludes halogenated alkanes) is 1. The van der Waals surface area contributed by atoms with E-state index in [0.29, 0.717) is 12.2 Å². The Morgan fingerprint density at radius 3 is 2.14 bits per heavy atom. The standard InChI is InChI=1S/C25H35NO2/c1-20-18-26(19-21(2)28-20)16-8-9-17-27-24-14-12-23(13-15-24)25(3,4)22-10-6-5-7-11-22/h5-7,10-15,20-21H,8-9,16-19H2,1-4H3/t20-,21-/m0/s1. The fraction of sp³-hybridized carbons (Fsp3) is 0.520. The molecule has 1 saturated heterocycles. The first kappa shape index (κ1) is 20.9. The highest BCUT2D eigenvalue weighted by Gasteiger charge is 2.23. The van der Waals surface area contributed by atoms with Crippen LogP contribution in [0.1, 0.15) is 51.7 Å². The Hall–Kier alpha value is -1.84. The van der Waals surface area contributed by atoms with Gasteiger partial charge < -0.3 is 9.47 Å². The normalized spacial score (nSPS) is 20.9. The molecule has 0 saturated carbocycles. The third kappa shape index (κ3) is 5.59. The van der Waals surface area contributed by atoms with Crippen molar-refractivity contribution in [3.8, 4) is 5.75 Å². The SMILES string of the molecule is C[C@H]1CN(CCCCOc2ccc(C(C)(C)c3ccccc3)cc2)C[C@H](C)O1. The third-order valence-electron chi connectivity index (χ3n) is 5.70. The van der Waals surface area contributed by atoms with E-state index in [1.165, 1.54) is 17.5 Å². The first-order valence-electron chi connectivity index (χ1n) is 10.6. The van der Waals surface area contributed by atoms with Crippen LogP contribution in [0.3, 0.4) is 0 Å². The lowest BCUT2D eigenvalue weighted by Gasteiger charge is -2.35. The highest BCUT2D eigenvalue weighted by molar-refractivity contribution is 5.39. The summed E-state index contributed by atoms with van der Waals surface area (Å²) in [5.74, 6) is 0.959. The van der Waals surface area contributed by atoms with Gasteiger partial charge in [0, 0.05) is 18.5 Å². The van der Waals surface area contributed by atoms with Crippen molar-refractivity contribution >= 4 is 0 Å². The van der Waals surface area contributed by atoms with Gasteiger partial charge in [-0.2, -0.15) is 0 Å². The average Bonchev–Trinajstić information content (AvgIpc) is 2.68. The zero-order valence-corrected chi connectivity index (χ0v) is 17.9. The number of hydrogen-bond donors (Lipinski definition) is 0. The van der Waals surface area contributed by atoms with Crippen molar-refractivity contribution in [2.45, 2.75) is 58.2 Å². The van der Waals surface area contributed by atoms with Crippen LogP contribution in [0, 0.1) is 0 Å². The molecule has 2 atom stereocenters. The molecule has 1 aliphatic rings. The summed E-state index contributed by atoms with van der Waals surface area (Å²) in [6, 6.07) is 19.3. The first-order valence-corrected chi connectivity index (χ1v) is 10.6. The molecule has 3 rings (SSSR count). The molecule has 2 aromatic carbocycles. The summed E-state index contributed by atoms with van der Waals surface area (Å²) in [5, 5.41) is 0. The highest BCUT2D eigenvalue weighted by Crippen LogP contribution is 2.32. The minimum Gasteiger partial charge on any atom is -0.494 e. The quantitative estimate of drug-likeness (QED) is 0.581. The molecule has 1 heterocycles. The lowest BCUT2D eigenvalue weighted by Crippen LogP contribution is -2.45. The molecule has 2 aromatic rings. The Labute approximate surface area is 170 Å². The van der Waals surface area contributed by atoms with Gasteiger partial charge in [0.25, 0.3) is 0 Å². The van der Waals surface area contributed by atoms with Gasteiger partial charge >= 0.3 is 0 Å². The second kappa shape index (κ2) is 9.58. The fourth-order valence-electron chi connectivity index (χ4n) is 4.08. The lowest BCUT2D eigenvalue weighted by molar-refractivity contribution is -0.0682. The van der Waals surface area contributed by atoms with Gasteiger partial charge in [-0.25, -0.2) is 0 Å². The molecule has 3 heteroatoms. The molecule has 0 amide bonds. The van der Waals surface area contributed by atoms with Crippen molar-refractivity contribution in [2.24, 2.45) is 0 Å². The van der Waals surface area contributed by atoms with Crippen LogP contribution in [0.15, 0.2) is 54.6 Å². The summed E-state index contributed by atoms with van der Waals surface area (Å²) in [4.78, 5) is 2.51. The van der Waals surface area contributed by atoms with Crippen molar-refractivity contribution in [3.63, 3.8) is 0 Å². The molecule has 1 fully saturated rings. The van der Waals surface area contributed by atoms with E-state index in [2.05, 4.69) is 87.2 Å². The van der Waals surface area contributed by atoms with E-state index in [9.17, 15) is 0 Å². The van der Waals surface area contributed by atoms with Crippen LogP contribution in [0.5, 0.6) is 5.75 Å². The van der Waals surface area contributed by atoms with E-state index in [0.717, 1.165) is 38.4 Å². The topological polar surface area (TPSA) is 21.7 Å². The summed E-state index contributed by atoms with van der Waals surface area (Å²) >= 11 is 0. The molecule has 28 heavy (non-hydrogen) atoms. The van der Waals surface area contributed by atoms with Gasteiger partial charge in [0.2, 0.25) is 0 Å². The zero-order chi connectivity index (χ0) is 20.0. The van der Waals surface area contributed by atoms with E-state index in [1.807, 2.05) is 0 Å². The third-order valence-corrected chi connectivity index (χ3v) is 5.70. The van der Waals surface area contributed by atoms with Crippen LogP contribution in [-0.4, -0.2) is 43.3 Å². The van der Waals surface area contributed by atoms with Crippen LogP contribution >= 0.6 is 0 Å². The number of ether oxygens (including phenoxy) is 2. The van der Waals surface area contributed by atoms with Gasteiger partial charge in [0.1, 0.15) is 5.75 Å². The number of benzene rings is 2. The lowest BCUT2D eigenvalue weighted by atomic mass is 9.78. The molecular weight excluding hydrogens is 346 g/mol. The van der Waals surface area contributed by atoms with Crippen molar-refractivity contribution < 1.29 is 9.47 Å². The van der Waals surface area contributed by atoms with Crippen LogP contribution in [0.4, 0.5) is 0 Å². The minimum absolute atomic E-state index is 0.00772. The van der Waals surface area contributed by atoms with Crippen molar-refractivity contribution in [1.82, 2.24) is 4.90 Å². The van der Waals surface area contributed by atoms with Crippen LogP contribution in [0.25, 0.3) is 0 Å². The van der Waals surface area contributed by atoms with Gasteiger partial charge in [-0.05, 0) is 56.5 Å².